The van der Waals surface area contributed by atoms with Crippen molar-refractivity contribution in [2.75, 3.05) is 6.54 Å². The Balaban J connectivity index is 1.83. The molecule has 1 aromatic rings. The van der Waals surface area contributed by atoms with E-state index in [1.54, 1.807) is 4.57 Å². The SMILES string of the molecule is O=C(O)c1cn(CCNS(=O)(=O)C2CC2)cn1. The Labute approximate surface area is 98.5 Å². The predicted molar refractivity (Wildman–Crippen MR) is 59.1 cm³/mol. The normalized spacial score (nSPS) is 16.0. The van der Waals surface area contributed by atoms with Crippen LogP contribution in [-0.2, 0) is 16.6 Å². The number of nitrogens with one attached hydrogen (secondary N) is 1. The number of carbonyl (C=O) groups is 1. The second kappa shape index (κ2) is 4.46. The van der Waals surface area contributed by atoms with Crippen molar-refractivity contribution in [3.05, 3.63) is 18.2 Å². The van der Waals surface area contributed by atoms with Crippen molar-refractivity contribution in [2.24, 2.45) is 0 Å². The molecule has 7 nitrogen and oxygen atoms in total. The zero-order valence-corrected chi connectivity index (χ0v) is 9.85. The van der Waals surface area contributed by atoms with Crippen LogP contribution in [0.5, 0.6) is 0 Å². The minimum absolute atomic E-state index is 0.0462. The Morgan fingerprint density at radius 1 is 1.59 bits per heavy atom. The summed E-state index contributed by atoms with van der Waals surface area (Å²) in [5.74, 6) is -1.10. The van der Waals surface area contributed by atoms with Gasteiger partial charge in [0.1, 0.15) is 0 Å². The zero-order chi connectivity index (χ0) is 12.5. The molecule has 1 aliphatic rings. The van der Waals surface area contributed by atoms with E-state index in [1.165, 1.54) is 12.5 Å². The maximum Gasteiger partial charge on any atom is 0.356 e. The standard InChI is InChI=1S/C9H13N3O4S/c13-9(14)8-5-12(6-10-8)4-3-11-17(15,16)7-1-2-7/h5-7,11H,1-4H2,(H,13,14). The van der Waals surface area contributed by atoms with Gasteiger partial charge in [0.25, 0.3) is 0 Å². The molecule has 0 unspecified atom stereocenters. The number of sulfonamides is 1. The number of nitrogens with zero attached hydrogens (tertiary/aromatic N) is 2. The first-order valence-electron chi connectivity index (χ1n) is 5.22. The molecular weight excluding hydrogens is 246 g/mol. The molecule has 0 amide bonds. The van der Waals surface area contributed by atoms with Crippen molar-refractivity contribution in [1.82, 2.24) is 14.3 Å². The van der Waals surface area contributed by atoms with Gasteiger partial charge < -0.3 is 9.67 Å². The van der Waals surface area contributed by atoms with Gasteiger partial charge >= 0.3 is 5.97 Å². The highest BCUT2D eigenvalue weighted by Crippen LogP contribution is 2.27. The Morgan fingerprint density at radius 2 is 2.29 bits per heavy atom. The van der Waals surface area contributed by atoms with Crippen LogP contribution >= 0.6 is 0 Å². The highest BCUT2D eigenvalue weighted by atomic mass is 32.2. The lowest BCUT2D eigenvalue weighted by molar-refractivity contribution is 0.0691. The van der Waals surface area contributed by atoms with Crippen LogP contribution in [-0.4, -0.2) is 40.8 Å². The first kappa shape index (κ1) is 12.1. The Kier molecular flexibility index (Phi) is 3.16. The first-order valence-corrected chi connectivity index (χ1v) is 6.77. The molecular formula is C9H13N3O4S. The van der Waals surface area contributed by atoms with Crippen LogP contribution in [0.1, 0.15) is 23.3 Å². The van der Waals surface area contributed by atoms with Crippen LogP contribution in [0.15, 0.2) is 12.5 Å². The molecule has 8 heteroatoms. The summed E-state index contributed by atoms with van der Waals surface area (Å²) in [6, 6.07) is 0. The summed E-state index contributed by atoms with van der Waals surface area (Å²) in [5.41, 5.74) is -0.0462. The summed E-state index contributed by atoms with van der Waals surface area (Å²) < 4.78 is 27.0. The maximum atomic E-state index is 11.5. The van der Waals surface area contributed by atoms with Crippen molar-refractivity contribution in [3.63, 3.8) is 0 Å². The van der Waals surface area contributed by atoms with E-state index in [4.69, 9.17) is 5.11 Å². The summed E-state index contributed by atoms with van der Waals surface area (Å²) in [4.78, 5) is 14.2. The van der Waals surface area contributed by atoms with E-state index in [0.717, 1.165) is 12.8 Å². The molecule has 2 N–H and O–H groups in total. The molecule has 0 saturated heterocycles. The summed E-state index contributed by atoms with van der Waals surface area (Å²) in [6.07, 6.45) is 4.19. The second-order valence-electron chi connectivity index (χ2n) is 3.94. The van der Waals surface area contributed by atoms with Gasteiger partial charge in [0.05, 0.1) is 11.6 Å². The number of imidazole rings is 1. The fourth-order valence-corrected chi connectivity index (χ4v) is 2.77. The average molecular weight is 259 g/mol. The van der Waals surface area contributed by atoms with Gasteiger partial charge in [-0.15, -0.1) is 0 Å². The van der Waals surface area contributed by atoms with Crippen LogP contribution in [0.3, 0.4) is 0 Å². The third-order valence-corrected chi connectivity index (χ3v) is 4.44. The Bertz CT molecular complexity index is 518. The lowest BCUT2D eigenvalue weighted by Crippen LogP contribution is -2.30. The number of rotatable bonds is 6. The highest BCUT2D eigenvalue weighted by molar-refractivity contribution is 7.90. The molecule has 17 heavy (non-hydrogen) atoms. The van der Waals surface area contributed by atoms with Gasteiger partial charge in [-0.05, 0) is 12.8 Å². The van der Waals surface area contributed by atoms with Crippen LogP contribution in [0.2, 0.25) is 0 Å². The fraction of sp³-hybridized carbons (Fsp3) is 0.556. The average Bonchev–Trinajstić information content (AvgIpc) is 3.00. The van der Waals surface area contributed by atoms with Crippen molar-refractivity contribution >= 4 is 16.0 Å². The minimum Gasteiger partial charge on any atom is -0.476 e. The van der Waals surface area contributed by atoms with E-state index in [0.29, 0.717) is 6.54 Å². The van der Waals surface area contributed by atoms with Crippen LogP contribution in [0.4, 0.5) is 0 Å². The molecule has 1 aliphatic carbocycles. The smallest absolute Gasteiger partial charge is 0.356 e. The third-order valence-electron chi connectivity index (χ3n) is 2.49. The molecule has 94 valence electrons. The molecule has 1 heterocycles. The van der Waals surface area contributed by atoms with Gasteiger partial charge in [-0.25, -0.2) is 22.9 Å². The molecule has 0 spiro atoms. The molecule has 0 aliphatic heterocycles. The highest BCUT2D eigenvalue weighted by Gasteiger charge is 2.35. The van der Waals surface area contributed by atoms with E-state index in [9.17, 15) is 13.2 Å². The summed E-state index contributed by atoms with van der Waals surface area (Å²) in [5, 5.41) is 8.41. The molecule has 2 rings (SSSR count). The van der Waals surface area contributed by atoms with Crippen molar-refractivity contribution < 1.29 is 18.3 Å². The monoisotopic (exact) mass is 259 g/mol. The first-order chi connectivity index (χ1) is 7.99. The van der Waals surface area contributed by atoms with Crippen molar-refractivity contribution in [3.8, 4) is 0 Å². The minimum atomic E-state index is -3.17. The lowest BCUT2D eigenvalue weighted by Gasteiger charge is -2.05. The lowest BCUT2D eigenvalue weighted by atomic mass is 10.5. The summed E-state index contributed by atoms with van der Waals surface area (Å²) in [7, 11) is -3.17. The number of carboxylic acid groups (broad SMARTS) is 1. The number of hydrogen-bond donors (Lipinski definition) is 2. The topological polar surface area (TPSA) is 101 Å². The van der Waals surface area contributed by atoms with Crippen molar-refractivity contribution in [1.29, 1.82) is 0 Å². The van der Waals surface area contributed by atoms with Gasteiger partial charge in [0.2, 0.25) is 10.0 Å². The molecule has 0 radical (unpaired) electrons. The van der Waals surface area contributed by atoms with Gasteiger partial charge in [0, 0.05) is 19.3 Å². The number of aromatic carboxylic acids is 1. The molecule has 1 fully saturated rings. The summed E-state index contributed by atoms with van der Waals surface area (Å²) >= 11 is 0. The third kappa shape index (κ3) is 3.04. The molecule has 0 aromatic carbocycles. The summed E-state index contributed by atoms with van der Waals surface area (Å²) in [6.45, 7) is 0.612. The van der Waals surface area contributed by atoms with Gasteiger partial charge in [-0.1, -0.05) is 0 Å². The van der Waals surface area contributed by atoms with Crippen molar-refractivity contribution in [2.45, 2.75) is 24.6 Å². The van der Waals surface area contributed by atoms with Gasteiger partial charge in [-0.2, -0.15) is 0 Å². The largest absolute Gasteiger partial charge is 0.476 e. The van der Waals surface area contributed by atoms with E-state index < -0.39 is 16.0 Å². The van der Waals surface area contributed by atoms with E-state index >= 15 is 0 Å². The zero-order valence-electron chi connectivity index (χ0n) is 9.04. The predicted octanol–water partition coefficient (Wildman–Crippen LogP) is -0.337. The quantitative estimate of drug-likeness (QED) is 0.728. The molecule has 0 bridgehead atoms. The molecule has 1 aromatic heterocycles. The van der Waals surface area contributed by atoms with E-state index in [-0.39, 0.29) is 17.5 Å². The fourth-order valence-electron chi connectivity index (χ4n) is 1.41. The molecule has 0 atom stereocenters. The Morgan fingerprint density at radius 3 is 2.82 bits per heavy atom. The second-order valence-corrected chi connectivity index (χ2v) is 5.99. The van der Waals surface area contributed by atoms with Crippen LogP contribution < -0.4 is 4.72 Å². The van der Waals surface area contributed by atoms with Crippen LogP contribution in [0.25, 0.3) is 0 Å². The van der Waals surface area contributed by atoms with Crippen LogP contribution in [0, 0.1) is 0 Å². The maximum absolute atomic E-state index is 11.5. The number of carboxylic acids is 1. The number of aromatic nitrogens is 2. The van der Waals surface area contributed by atoms with Gasteiger partial charge in [0.15, 0.2) is 5.69 Å². The van der Waals surface area contributed by atoms with Gasteiger partial charge in [-0.3, -0.25) is 0 Å². The Hall–Kier alpha value is -1.41. The molecule has 1 saturated carbocycles. The van der Waals surface area contributed by atoms with E-state index in [1.807, 2.05) is 0 Å². The van der Waals surface area contributed by atoms with E-state index in [2.05, 4.69) is 9.71 Å². The number of hydrogen-bond acceptors (Lipinski definition) is 4.